The molecule has 86 valence electrons. The summed E-state index contributed by atoms with van der Waals surface area (Å²) in [5.74, 6) is 0.805. The molecule has 17 heavy (non-hydrogen) atoms. The van der Waals surface area contributed by atoms with Crippen LogP contribution < -0.4 is 10.5 Å². The fourth-order valence-electron chi connectivity index (χ4n) is 2.50. The zero-order valence-corrected chi connectivity index (χ0v) is 9.86. The third-order valence-electron chi connectivity index (χ3n) is 3.29. The maximum atomic E-state index is 6.18. The molecule has 1 aliphatic rings. The lowest BCUT2D eigenvalue weighted by Crippen LogP contribution is -2.00. The molecule has 0 saturated heterocycles. The van der Waals surface area contributed by atoms with Crippen molar-refractivity contribution in [3.8, 4) is 16.9 Å². The van der Waals surface area contributed by atoms with E-state index in [2.05, 4.69) is 30.3 Å². The minimum atomic E-state index is 0.649. The van der Waals surface area contributed by atoms with E-state index in [0.29, 0.717) is 6.61 Å². The largest absolute Gasteiger partial charge is 0.492 e. The van der Waals surface area contributed by atoms with E-state index in [1.807, 2.05) is 13.0 Å². The number of nitrogens with two attached hydrogens (primary N) is 1. The Hall–Kier alpha value is -1.96. The second kappa shape index (κ2) is 3.81. The Balaban J connectivity index is 2.15. The number of fused-ring (bicyclic) bond motifs is 3. The summed E-state index contributed by atoms with van der Waals surface area (Å²) >= 11 is 0. The second-order valence-electron chi connectivity index (χ2n) is 4.27. The summed E-state index contributed by atoms with van der Waals surface area (Å²) < 4.78 is 5.54. The molecule has 0 saturated carbocycles. The first-order valence-electron chi connectivity index (χ1n) is 5.93. The number of benzene rings is 2. The van der Waals surface area contributed by atoms with Gasteiger partial charge in [-0.25, -0.2) is 0 Å². The van der Waals surface area contributed by atoms with Crippen LogP contribution in [0, 0.1) is 0 Å². The molecule has 2 aromatic rings. The van der Waals surface area contributed by atoms with Crippen LogP contribution in [0.5, 0.6) is 5.75 Å². The molecule has 2 nitrogen and oxygen atoms in total. The van der Waals surface area contributed by atoms with Gasteiger partial charge in [0.25, 0.3) is 0 Å². The molecule has 2 aromatic carbocycles. The van der Waals surface area contributed by atoms with Gasteiger partial charge in [0, 0.05) is 6.42 Å². The molecular formula is C15H15NO. The van der Waals surface area contributed by atoms with Crippen molar-refractivity contribution in [1.82, 2.24) is 0 Å². The first-order chi connectivity index (χ1) is 8.31. The van der Waals surface area contributed by atoms with E-state index >= 15 is 0 Å². The predicted molar refractivity (Wildman–Crippen MR) is 70.3 cm³/mol. The van der Waals surface area contributed by atoms with Crippen molar-refractivity contribution in [2.75, 3.05) is 12.3 Å². The normalized spacial score (nSPS) is 12.1. The molecule has 0 bridgehead atoms. The number of hydrogen-bond donors (Lipinski definition) is 1. The van der Waals surface area contributed by atoms with Crippen LogP contribution in [-0.2, 0) is 6.42 Å². The molecule has 0 spiro atoms. The van der Waals surface area contributed by atoms with Crippen molar-refractivity contribution in [2.45, 2.75) is 13.3 Å². The van der Waals surface area contributed by atoms with E-state index in [9.17, 15) is 0 Å². The van der Waals surface area contributed by atoms with Gasteiger partial charge in [0.2, 0.25) is 0 Å². The highest BCUT2D eigenvalue weighted by atomic mass is 16.5. The van der Waals surface area contributed by atoms with Crippen LogP contribution in [0.2, 0.25) is 0 Å². The van der Waals surface area contributed by atoms with E-state index < -0.39 is 0 Å². The number of nitrogen functional groups attached to an aromatic ring is 1. The molecule has 0 heterocycles. The van der Waals surface area contributed by atoms with Crippen LogP contribution in [0.1, 0.15) is 18.1 Å². The Morgan fingerprint density at radius 1 is 1.12 bits per heavy atom. The molecule has 0 fully saturated rings. The van der Waals surface area contributed by atoms with Crippen LogP contribution in [0.3, 0.4) is 0 Å². The van der Waals surface area contributed by atoms with E-state index in [0.717, 1.165) is 17.9 Å². The summed E-state index contributed by atoms with van der Waals surface area (Å²) in [6.45, 7) is 2.62. The van der Waals surface area contributed by atoms with Gasteiger partial charge in [-0.1, -0.05) is 30.3 Å². The maximum Gasteiger partial charge on any atom is 0.142 e. The van der Waals surface area contributed by atoms with Crippen molar-refractivity contribution in [2.24, 2.45) is 0 Å². The Morgan fingerprint density at radius 3 is 2.76 bits per heavy atom. The molecule has 2 N–H and O–H groups in total. The zero-order chi connectivity index (χ0) is 11.8. The van der Waals surface area contributed by atoms with Gasteiger partial charge in [0.15, 0.2) is 0 Å². The molecule has 2 heteroatoms. The first kappa shape index (κ1) is 10.2. The molecule has 0 aliphatic heterocycles. The molecule has 0 aromatic heterocycles. The van der Waals surface area contributed by atoms with Gasteiger partial charge in [0.1, 0.15) is 5.75 Å². The zero-order valence-electron chi connectivity index (χ0n) is 9.86. The summed E-state index contributed by atoms with van der Waals surface area (Å²) in [5, 5.41) is 0. The maximum absolute atomic E-state index is 6.18. The number of rotatable bonds is 2. The van der Waals surface area contributed by atoms with Gasteiger partial charge in [0.05, 0.1) is 12.3 Å². The van der Waals surface area contributed by atoms with E-state index in [1.165, 1.54) is 22.3 Å². The topological polar surface area (TPSA) is 35.2 Å². The van der Waals surface area contributed by atoms with Crippen LogP contribution in [-0.4, -0.2) is 6.61 Å². The van der Waals surface area contributed by atoms with Crippen molar-refractivity contribution in [1.29, 1.82) is 0 Å². The molecule has 0 atom stereocenters. The van der Waals surface area contributed by atoms with Crippen LogP contribution >= 0.6 is 0 Å². The highest BCUT2D eigenvalue weighted by molar-refractivity contribution is 5.83. The van der Waals surface area contributed by atoms with E-state index in [1.54, 1.807) is 0 Å². The lowest BCUT2D eigenvalue weighted by Gasteiger charge is -2.10. The molecular weight excluding hydrogens is 210 g/mol. The third kappa shape index (κ3) is 1.48. The van der Waals surface area contributed by atoms with Crippen LogP contribution in [0.15, 0.2) is 36.4 Å². The summed E-state index contributed by atoms with van der Waals surface area (Å²) in [5.41, 5.74) is 12.1. The summed E-state index contributed by atoms with van der Waals surface area (Å²) in [4.78, 5) is 0. The number of ether oxygens (including phenoxy) is 1. The smallest absolute Gasteiger partial charge is 0.142 e. The summed E-state index contributed by atoms with van der Waals surface area (Å²) in [6, 6.07) is 12.5. The Bertz CT molecular complexity index is 575. The Labute approximate surface area is 101 Å². The highest BCUT2D eigenvalue weighted by Crippen LogP contribution is 2.42. The predicted octanol–water partition coefficient (Wildman–Crippen LogP) is 3.24. The van der Waals surface area contributed by atoms with E-state index in [4.69, 9.17) is 10.5 Å². The molecule has 0 amide bonds. The summed E-state index contributed by atoms with van der Waals surface area (Å²) in [7, 11) is 0. The number of anilines is 1. The Morgan fingerprint density at radius 2 is 1.94 bits per heavy atom. The molecule has 0 radical (unpaired) electrons. The fraction of sp³-hybridized carbons (Fsp3) is 0.200. The highest BCUT2D eigenvalue weighted by Gasteiger charge is 2.21. The molecule has 0 unspecified atom stereocenters. The molecule has 3 rings (SSSR count). The fourth-order valence-corrected chi connectivity index (χ4v) is 2.50. The third-order valence-corrected chi connectivity index (χ3v) is 3.29. The average molecular weight is 225 g/mol. The lowest BCUT2D eigenvalue weighted by molar-refractivity contribution is 0.342. The van der Waals surface area contributed by atoms with Crippen molar-refractivity contribution in [3.63, 3.8) is 0 Å². The minimum absolute atomic E-state index is 0.649. The van der Waals surface area contributed by atoms with Crippen molar-refractivity contribution in [3.05, 3.63) is 47.5 Å². The standard InChI is InChI=1S/C15H15NO/c1-2-17-14-8-7-12-11-6-4-3-5-10(11)9-13(12)15(14)16/h3-8H,2,9,16H2,1H3. The van der Waals surface area contributed by atoms with Crippen LogP contribution in [0.4, 0.5) is 5.69 Å². The van der Waals surface area contributed by atoms with E-state index in [-0.39, 0.29) is 0 Å². The monoisotopic (exact) mass is 225 g/mol. The van der Waals surface area contributed by atoms with Gasteiger partial charge in [-0.3, -0.25) is 0 Å². The Kier molecular flexibility index (Phi) is 2.29. The lowest BCUT2D eigenvalue weighted by atomic mass is 10.0. The molecule has 1 aliphatic carbocycles. The van der Waals surface area contributed by atoms with Gasteiger partial charge < -0.3 is 10.5 Å². The first-order valence-corrected chi connectivity index (χ1v) is 5.93. The van der Waals surface area contributed by atoms with Gasteiger partial charge >= 0.3 is 0 Å². The quantitative estimate of drug-likeness (QED) is 0.679. The van der Waals surface area contributed by atoms with Crippen LogP contribution in [0.25, 0.3) is 11.1 Å². The minimum Gasteiger partial charge on any atom is -0.492 e. The SMILES string of the molecule is CCOc1ccc2c(c1N)Cc1ccccc1-2. The van der Waals surface area contributed by atoms with Gasteiger partial charge in [-0.05, 0) is 35.2 Å². The summed E-state index contributed by atoms with van der Waals surface area (Å²) in [6.07, 6.45) is 0.915. The van der Waals surface area contributed by atoms with Crippen molar-refractivity contribution >= 4 is 5.69 Å². The number of hydrogen-bond acceptors (Lipinski definition) is 2. The van der Waals surface area contributed by atoms with Gasteiger partial charge in [-0.2, -0.15) is 0 Å². The average Bonchev–Trinajstić information content (AvgIpc) is 2.73. The van der Waals surface area contributed by atoms with Crippen molar-refractivity contribution < 1.29 is 4.74 Å². The van der Waals surface area contributed by atoms with Gasteiger partial charge in [-0.15, -0.1) is 0 Å². The second-order valence-corrected chi connectivity index (χ2v) is 4.27.